The van der Waals surface area contributed by atoms with Crippen LogP contribution < -0.4 is 10.6 Å². The molecule has 16 heavy (non-hydrogen) atoms. The highest BCUT2D eigenvalue weighted by Crippen LogP contribution is 2.18. The van der Waals surface area contributed by atoms with E-state index in [0.717, 1.165) is 16.8 Å². The monoisotopic (exact) mass is 220 g/mol. The van der Waals surface area contributed by atoms with Gasteiger partial charge >= 0.3 is 0 Å². The van der Waals surface area contributed by atoms with Gasteiger partial charge in [-0.25, -0.2) is 0 Å². The molecule has 0 spiro atoms. The number of nitrogens with one attached hydrogen (secondary N) is 2. The van der Waals surface area contributed by atoms with E-state index in [-0.39, 0.29) is 5.91 Å². The van der Waals surface area contributed by atoms with Gasteiger partial charge in [0.1, 0.15) is 0 Å². The molecule has 0 bridgehead atoms. The zero-order valence-electron chi connectivity index (χ0n) is 10.4. The van der Waals surface area contributed by atoms with Crippen molar-refractivity contribution in [1.82, 2.24) is 5.32 Å². The minimum atomic E-state index is 0.00565. The number of para-hydroxylation sites is 1. The number of carbonyl (C=O) groups is 1. The number of carbonyl (C=O) groups excluding carboxylic acids is 1. The number of aryl methyl sites for hydroxylation is 2. The summed E-state index contributed by atoms with van der Waals surface area (Å²) < 4.78 is 0. The van der Waals surface area contributed by atoms with Crippen LogP contribution in [0.1, 0.15) is 25.0 Å². The van der Waals surface area contributed by atoms with Crippen molar-refractivity contribution in [2.24, 2.45) is 0 Å². The number of hydrogen-bond acceptors (Lipinski definition) is 2. The van der Waals surface area contributed by atoms with Gasteiger partial charge in [-0.2, -0.15) is 0 Å². The number of rotatable bonds is 4. The van der Waals surface area contributed by atoms with E-state index in [0.29, 0.717) is 12.6 Å². The number of hydrogen-bond donors (Lipinski definition) is 2. The predicted molar refractivity (Wildman–Crippen MR) is 67.7 cm³/mol. The van der Waals surface area contributed by atoms with Crippen LogP contribution in [0.5, 0.6) is 0 Å². The van der Waals surface area contributed by atoms with Crippen molar-refractivity contribution in [3.8, 4) is 0 Å². The van der Waals surface area contributed by atoms with Crippen molar-refractivity contribution in [2.75, 3.05) is 11.9 Å². The topological polar surface area (TPSA) is 41.1 Å². The lowest BCUT2D eigenvalue weighted by atomic mass is 10.1. The van der Waals surface area contributed by atoms with Crippen molar-refractivity contribution in [3.63, 3.8) is 0 Å². The van der Waals surface area contributed by atoms with Gasteiger partial charge in [0.2, 0.25) is 5.91 Å². The SMILES string of the molecule is Cc1cccc(C)c1NC(=O)CNC(C)C. The average Bonchev–Trinajstić information content (AvgIpc) is 2.21. The van der Waals surface area contributed by atoms with Gasteiger partial charge in [0.15, 0.2) is 0 Å². The second-order valence-corrected chi connectivity index (χ2v) is 4.35. The van der Waals surface area contributed by atoms with Gasteiger partial charge in [0, 0.05) is 11.7 Å². The summed E-state index contributed by atoms with van der Waals surface area (Å²) in [6, 6.07) is 6.31. The Balaban J connectivity index is 2.63. The second-order valence-electron chi connectivity index (χ2n) is 4.35. The molecule has 0 aliphatic carbocycles. The van der Waals surface area contributed by atoms with Crippen LogP contribution in [-0.2, 0) is 4.79 Å². The van der Waals surface area contributed by atoms with Gasteiger partial charge in [0.25, 0.3) is 0 Å². The molecule has 1 rings (SSSR count). The third-order valence-electron chi connectivity index (χ3n) is 2.42. The summed E-state index contributed by atoms with van der Waals surface area (Å²) in [5.74, 6) is 0.00565. The van der Waals surface area contributed by atoms with Crippen LogP contribution in [0.3, 0.4) is 0 Å². The Labute approximate surface area is 97.2 Å². The Morgan fingerprint density at radius 2 is 1.81 bits per heavy atom. The van der Waals surface area contributed by atoms with Crippen LogP contribution in [0.2, 0.25) is 0 Å². The summed E-state index contributed by atoms with van der Waals surface area (Å²) >= 11 is 0. The summed E-state index contributed by atoms with van der Waals surface area (Å²) in [5, 5.41) is 6.02. The van der Waals surface area contributed by atoms with Gasteiger partial charge in [-0.3, -0.25) is 4.79 Å². The van der Waals surface area contributed by atoms with Crippen molar-refractivity contribution < 1.29 is 4.79 Å². The first-order valence-electron chi connectivity index (χ1n) is 5.60. The van der Waals surface area contributed by atoms with Crippen LogP contribution in [-0.4, -0.2) is 18.5 Å². The lowest BCUT2D eigenvalue weighted by molar-refractivity contribution is -0.115. The fourth-order valence-electron chi connectivity index (χ4n) is 1.49. The van der Waals surface area contributed by atoms with E-state index in [2.05, 4.69) is 10.6 Å². The van der Waals surface area contributed by atoms with Crippen molar-refractivity contribution in [2.45, 2.75) is 33.7 Å². The third kappa shape index (κ3) is 3.66. The number of benzene rings is 1. The maximum Gasteiger partial charge on any atom is 0.238 e. The second kappa shape index (κ2) is 5.66. The fraction of sp³-hybridized carbons (Fsp3) is 0.462. The van der Waals surface area contributed by atoms with Crippen LogP contribution >= 0.6 is 0 Å². The molecule has 0 aromatic heterocycles. The highest BCUT2D eigenvalue weighted by molar-refractivity contribution is 5.93. The van der Waals surface area contributed by atoms with Crippen LogP contribution in [0.15, 0.2) is 18.2 Å². The highest BCUT2D eigenvalue weighted by atomic mass is 16.1. The molecule has 1 aromatic carbocycles. The molecular formula is C13H20N2O. The summed E-state index contributed by atoms with van der Waals surface area (Å²) in [5.41, 5.74) is 3.12. The molecule has 0 radical (unpaired) electrons. The van der Waals surface area contributed by atoms with E-state index >= 15 is 0 Å². The Morgan fingerprint density at radius 3 is 2.31 bits per heavy atom. The predicted octanol–water partition coefficient (Wildman–Crippen LogP) is 2.24. The molecule has 88 valence electrons. The molecule has 2 N–H and O–H groups in total. The summed E-state index contributed by atoms with van der Waals surface area (Å²) in [6.07, 6.45) is 0. The molecule has 0 aliphatic heterocycles. The van der Waals surface area contributed by atoms with Crippen molar-refractivity contribution in [3.05, 3.63) is 29.3 Å². The molecule has 1 aromatic rings. The Hall–Kier alpha value is -1.35. The number of anilines is 1. The largest absolute Gasteiger partial charge is 0.324 e. The zero-order valence-corrected chi connectivity index (χ0v) is 10.4. The van der Waals surface area contributed by atoms with Gasteiger partial charge in [-0.05, 0) is 25.0 Å². The Bertz CT molecular complexity index is 352. The Morgan fingerprint density at radius 1 is 1.25 bits per heavy atom. The maximum absolute atomic E-state index is 11.6. The smallest absolute Gasteiger partial charge is 0.238 e. The van der Waals surface area contributed by atoms with Gasteiger partial charge in [0.05, 0.1) is 6.54 Å². The molecular weight excluding hydrogens is 200 g/mol. The van der Waals surface area contributed by atoms with Crippen LogP contribution in [0.4, 0.5) is 5.69 Å². The van der Waals surface area contributed by atoms with Crippen LogP contribution in [0.25, 0.3) is 0 Å². The minimum Gasteiger partial charge on any atom is -0.324 e. The van der Waals surface area contributed by atoms with Gasteiger partial charge in [-0.15, -0.1) is 0 Å². The van der Waals surface area contributed by atoms with E-state index in [4.69, 9.17) is 0 Å². The van der Waals surface area contributed by atoms with E-state index < -0.39 is 0 Å². The average molecular weight is 220 g/mol. The number of amides is 1. The molecule has 0 heterocycles. The third-order valence-corrected chi connectivity index (χ3v) is 2.42. The van der Waals surface area contributed by atoms with E-state index in [1.165, 1.54) is 0 Å². The summed E-state index contributed by atoms with van der Waals surface area (Å²) in [7, 11) is 0. The molecule has 0 unspecified atom stereocenters. The standard InChI is InChI=1S/C13H20N2O/c1-9(2)14-8-12(16)15-13-10(3)6-5-7-11(13)4/h5-7,9,14H,8H2,1-4H3,(H,15,16). The summed E-state index contributed by atoms with van der Waals surface area (Å²) in [4.78, 5) is 11.6. The van der Waals surface area contributed by atoms with Crippen molar-refractivity contribution >= 4 is 11.6 Å². The maximum atomic E-state index is 11.6. The molecule has 0 saturated carbocycles. The summed E-state index contributed by atoms with van der Waals surface area (Å²) in [6.45, 7) is 8.39. The molecule has 3 heteroatoms. The molecule has 3 nitrogen and oxygen atoms in total. The Kier molecular flexibility index (Phi) is 4.50. The quantitative estimate of drug-likeness (QED) is 0.817. The molecule has 0 aliphatic rings. The van der Waals surface area contributed by atoms with E-state index in [1.807, 2.05) is 45.9 Å². The highest BCUT2D eigenvalue weighted by Gasteiger charge is 2.06. The van der Waals surface area contributed by atoms with E-state index in [1.54, 1.807) is 0 Å². The first-order chi connectivity index (χ1) is 7.50. The first-order valence-corrected chi connectivity index (χ1v) is 5.60. The molecule has 0 fully saturated rings. The zero-order chi connectivity index (χ0) is 12.1. The van der Waals surface area contributed by atoms with Gasteiger partial charge < -0.3 is 10.6 Å². The van der Waals surface area contributed by atoms with Crippen LogP contribution in [0, 0.1) is 13.8 Å². The molecule has 1 amide bonds. The molecule has 0 saturated heterocycles. The first kappa shape index (κ1) is 12.7. The minimum absolute atomic E-state index is 0.00565. The molecule has 0 atom stereocenters. The normalized spacial score (nSPS) is 10.6. The lowest BCUT2D eigenvalue weighted by Gasteiger charge is -2.12. The fourth-order valence-corrected chi connectivity index (χ4v) is 1.49. The van der Waals surface area contributed by atoms with E-state index in [9.17, 15) is 4.79 Å². The lowest BCUT2D eigenvalue weighted by Crippen LogP contribution is -2.32. The van der Waals surface area contributed by atoms with Gasteiger partial charge in [-0.1, -0.05) is 32.0 Å². The van der Waals surface area contributed by atoms with Crippen molar-refractivity contribution in [1.29, 1.82) is 0 Å².